The van der Waals surface area contributed by atoms with Gasteiger partial charge < -0.3 is 9.17 Å². The lowest BCUT2D eigenvalue weighted by Gasteiger charge is -2.11. The van der Waals surface area contributed by atoms with Gasteiger partial charge in [0, 0.05) is 22.8 Å². The minimum absolute atomic E-state index is 0.138. The van der Waals surface area contributed by atoms with Gasteiger partial charge in [0.05, 0.1) is 30.2 Å². The third-order valence-corrected chi connectivity index (χ3v) is 4.69. The summed E-state index contributed by atoms with van der Waals surface area (Å²) in [5, 5.41) is 4.25. The first-order valence-corrected chi connectivity index (χ1v) is 10.3. The molecule has 3 aromatic heterocycles. The highest BCUT2D eigenvalue weighted by Crippen LogP contribution is 2.22. The Hall–Kier alpha value is -3.31. The van der Waals surface area contributed by atoms with Crippen molar-refractivity contribution in [3.63, 3.8) is 0 Å². The van der Waals surface area contributed by atoms with Crippen LogP contribution in [0.25, 0.3) is 21.8 Å². The molecule has 0 saturated carbocycles. The highest BCUT2D eigenvalue weighted by Gasteiger charge is 2.20. The molecule has 29 heavy (non-hydrogen) atoms. The highest BCUT2D eigenvalue weighted by molar-refractivity contribution is 7.86. The van der Waals surface area contributed by atoms with Gasteiger partial charge in [0.2, 0.25) is 5.43 Å². The molecule has 0 atom stereocenters. The van der Waals surface area contributed by atoms with Crippen molar-refractivity contribution in [2.75, 3.05) is 6.26 Å². The lowest BCUT2D eigenvalue weighted by Crippen LogP contribution is -2.29. The molecule has 0 fully saturated rings. The van der Waals surface area contributed by atoms with Crippen LogP contribution in [0.2, 0.25) is 5.02 Å². The maximum atomic E-state index is 13.0. The minimum Gasteiger partial charge on any atom is -0.358 e. The minimum atomic E-state index is -4.00. The summed E-state index contributed by atoms with van der Waals surface area (Å²) in [6.07, 6.45) is 5.14. The van der Waals surface area contributed by atoms with Gasteiger partial charge in [-0.15, -0.1) is 5.10 Å². The van der Waals surface area contributed by atoms with Crippen molar-refractivity contribution >= 4 is 43.5 Å². The van der Waals surface area contributed by atoms with Gasteiger partial charge in [-0.1, -0.05) is 11.6 Å². The lowest BCUT2D eigenvalue weighted by atomic mass is 10.1. The van der Waals surface area contributed by atoms with Gasteiger partial charge in [0.25, 0.3) is 11.4 Å². The number of pyridine rings is 1. The third-order valence-electron chi connectivity index (χ3n) is 4.00. The Bertz CT molecular complexity index is 1480. The first kappa shape index (κ1) is 19.0. The van der Waals surface area contributed by atoms with E-state index >= 15 is 0 Å². The number of benzene rings is 1. The zero-order valence-electron chi connectivity index (χ0n) is 14.8. The van der Waals surface area contributed by atoms with E-state index in [0.29, 0.717) is 16.2 Å². The van der Waals surface area contributed by atoms with E-state index in [0.717, 1.165) is 10.9 Å². The van der Waals surface area contributed by atoms with E-state index < -0.39 is 27.0 Å². The van der Waals surface area contributed by atoms with Crippen LogP contribution in [0.3, 0.4) is 0 Å². The van der Waals surface area contributed by atoms with Crippen molar-refractivity contribution in [1.82, 2.24) is 24.7 Å². The van der Waals surface area contributed by atoms with Gasteiger partial charge >= 0.3 is 10.1 Å². The predicted molar refractivity (Wildman–Crippen MR) is 106 cm³/mol. The first-order valence-electron chi connectivity index (χ1n) is 8.13. The van der Waals surface area contributed by atoms with E-state index in [9.17, 15) is 18.0 Å². The van der Waals surface area contributed by atoms with Crippen LogP contribution in [0.4, 0.5) is 0 Å². The Labute approximate surface area is 167 Å². The summed E-state index contributed by atoms with van der Waals surface area (Å²) in [6, 6.07) is 4.46. The fourth-order valence-electron chi connectivity index (χ4n) is 2.84. The number of aromatic nitrogens is 5. The standard InChI is InChI=1S/C17H12ClN5O5S/c1-29(26,27)28-16-14-13(15(24)11-3-2-9(18)6-12(11)21-14)17(25)23(22-16)8-10-7-19-4-5-20-10/h2-7H,8H2,1H3,(H,21,24). The monoisotopic (exact) mass is 433 g/mol. The summed E-state index contributed by atoms with van der Waals surface area (Å²) in [6.45, 7) is -0.138. The topological polar surface area (TPSA) is 137 Å². The molecule has 0 radical (unpaired) electrons. The van der Waals surface area contributed by atoms with E-state index in [1.165, 1.54) is 36.8 Å². The number of rotatable bonds is 4. The van der Waals surface area contributed by atoms with Gasteiger partial charge in [-0.2, -0.15) is 8.42 Å². The van der Waals surface area contributed by atoms with Crippen LogP contribution in [-0.2, 0) is 16.7 Å². The van der Waals surface area contributed by atoms with E-state index in [1.807, 2.05) is 0 Å². The first-order chi connectivity index (χ1) is 13.7. The molecule has 0 unspecified atom stereocenters. The molecule has 10 nitrogen and oxygen atoms in total. The summed E-state index contributed by atoms with van der Waals surface area (Å²) >= 11 is 5.97. The maximum Gasteiger partial charge on any atom is 0.307 e. The summed E-state index contributed by atoms with van der Waals surface area (Å²) in [7, 11) is -4.00. The molecular formula is C17H12ClN5O5S. The normalized spacial score (nSPS) is 11.8. The van der Waals surface area contributed by atoms with E-state index in [4.69, 9.17) is 15.8 Å². The molecule has 4 rings (SSSR count). The Morgan fingerprint density at radius 3 is 2.72 bits per heavy atom. The molecule has 0 aliphatic heterocycles. The number of hydrogen-bond donors (Lipinski definition) is 1. The average molecular weight is 434 g/mol. The fourth-order valence-corrected chi connectivity index (χ4v) is 3.41. The Balaban J connectivity index is 2.08. The third kappa shape index (κ3) is 3.69. The van der Waals surface area contributed by atoms with Gasteiger partial charge in [0.1, 0.15) is 10.9 Å². The van der Waals surface area contributed by atoms with Gasteiger partial charge in [-0.3, -0.25) is 19.6 Å². The molecule has 0 aliphatic rings. The fraction of sp³-hybridized carbons (Fsp3) is 0.118. The molecule has 0 spiro atoms. The van der Waals surface area contributed by atoms with Crippen LogP contribution >= 0.6 is 11.6 Å². The number of nitrogens with one attached hydrogen (secondary N) is 1. The smallest absolute Gasteiger partial charge is 0.307 e. The summed E-state index contributed by atoms with van der Waals surface area (Å²) < 4.78 is 29.3. The molecule has 0 amide bonds. The Morgan fingerprint density at radius 2 is 2.03 bits per heavy atom. The lowest BCUT2D eigenvalue weighted by molar-refractivity contribution is 0.466. The second-order valence-electron chi connectivity index (χ2n) is 6.15. The van der Waals surface area contributed by atoms with Crippen LogP contribution in [0.15, 0.2) is 46.4 Å². The van der Waals surface area contributed by atoms with Crippen molar-refractivity contribution in [2.24, 2.45) is 0 Å². The summed E-state index contributed by atoms with van der Waals surface area (Å²) in [5.74, 6) is -0.440. The van der Waals surface area contributed by atoms with Crippen molar-refractivity contribution in [2.45, 2.75) is 6.54 Å². The van der Waals surface area contributed by atoms with Gasteiger partial charge in [0.15, 0.2) is 0 Å². The average Bonchev–Trinajstić information content (AvgIpc) is 2.65. The zero-order valence-corrected chi connectivity index (χ0v) is 16.4. The van der Waals surface area contributed by atoms with E-state index in [-0.39, 0.29) is 22.8 Å². The molecule has 3 heterocycles. The summed E-state index contributed by atoms with van der Waals surface area (Å²) in [4.78, 5) is 36.8. The zero-order chi connectivity index (χ0) is 20.8. The van der Waals surface area contributed by atoms with Crippen LogP contribution in [-0.4, -0.2) is 39.4 Å². The van der Waals surface area contributed by atoms with Crippen molar-refractivity contribution < 1.29 is 12.6 Å². The molecule has 148 valence electrons. The van der Waals surface area contributed by atoms with Gasteiger partial charge in [-0.25, -0.2) is 4.68 Å². The molecule has 4 aromatic rings. The molecule has 1 aromatic carbocycles. The number of hydrogen-bond acceptors (Lipinski definition) is 8. The van der Waals surface area contributed by atoms with Crippen LogP contribution < -0.4 is 15.2 Å². The van der Waals surface area contributed by atoms with Crippen molar-refractivity contribution in [1.29, 1.82) is 0 Å². The molecule has 0 saturated heterocycles. The predicted octanol–water partition coefficient (Wildman–Crippen LogP) is 1.07. The largest absolute Gasteiger partial charge is 0.358 e. The molecule has 0 aliphatic carbocycles. The second kappa shape index (κ2) is 6.94. The Morgan fingerprint density at radius 1 is 1.24 bits per heavy atom. The molecule has 1 N–H and O–H groups in total. The highest BCUT2D eigenvalue weighted by atomic mass is 35.5. The molecule has 0 bridgehead atoms. The van der Waals surface area contributed by atoms with Crippen molar-refractivity contribution in [3.05, 3.63) is 68.1 Å². The number of H-pyrrole nitrogens is 1. The maximum absolute atomic E-state index is 13.0. The molecule has 12 heteroatoms. The Kier molecular flexibility index (Phi) is 4.55. The number of nitrogens with zero attached hydrogens (tertiary/aromatic N) is 4. The SMILES string of the molecule is CS(=O)(=O)Oc1nn(Cc2cnccn2)c(=O)c2c(=O)c3ccc(Cl)cc3[nH]c12. The number of fused-ring (bicyclic) bond motifs is 2. The van der Waals surface area contributed by atoms with Crippen LogP contribution in [0.5, 0.6) is 5.88 Å². The molecular weight excluding hydrogens is 422 g/mol. The number of aromatic amines is 1. The summed E-state index contributed by atoms with van der Waals surface area (Å²) in [5.41, 5.74) is -0.791. The van der Waals surface area contributed by atoms with Crippen LogP contribution in [0, 0.1) is 0 Å². The van der Waals surface area contributed by atoms with Gasteiger partial charge in [-0.05, 0) is 18.2 Å². The van der Waals surface area contributed by atoms with Crippen molar-refractivity contribution in [3.8, 4) is 5.88 Å². The second-order valence-corrected chi connectivity index (χ2v) is 8.16. The van der Waals surface area contributed by atoms with E-state index in [1.54, 1.807) is 0 Å². The number of halogens is 1. The van der Waals surface area contributed by atoms with E-state index in [2.05, 4.69) is 20.1 Å². The quantitative estimate of drug-likeness (QED) is 0.372. The van der Waals surface area contributed by atoms with Crippen LogP contribution in [0.1, 0.15) is 5.69 Å².